The van der Waals surface area contributed by atoms with E-state index in [0.29, 0.717) is 23.2 Å². The highest BCUT2D eigenvalue weighted by atomic mass is 16.5. The molecule has 6 nitrogen and oxygen atoms in total. The average molecular weight is 417 g/mol. The van der Waals surface area contributed by atoms with Gasteiger partial charge in [0.2, 0.25) is 0 Å². The zero-order valence-corrected chi connectivity index (χ0v) is 18.7. The molecule has 2 atom stereocenters. The van der Waals surface area contributed by atoms with Crippen LogP contribution in [0.3, 0.4) is 0 Å². The summed E-state index contributed by atoms with van der Waals surface area (Å²) in [5.41, 5.74) is 0.872. The van der Waals surface area contributed by atoms with E-state index < -0.39 is 0 Å². The molecule has 3 saturated heterocycles. The highest BCUT2D eigenvalue weighted by Gasteiger charge is 2.43. The van der Waals surface area contributed by atoms with E-state index in [1.54, 1.807) is 32.4 Å². The van der Waals surface area contributed by atoms with Crippen LogP contribution in [0.25, 0.3) is 0 Å². The summed E-state index contributed by atoms with van der Waals surface area (Å²) < 4.78 is 16.9. The maximum absolute atomic E-state index is 13.1. The molecule has 6 heteroatoms. The standard InChI is InChI=1S/C24H36N2O4/c1-18-5-4-8-25(15-18)16-22-14-24(17-30-22)6-9-26(10-7-24)23(27)19-11-20(28-2)13-21(12-19)29-3/h11-13,18,22H,4-10,14-17H2,1-3H3/t18-,22+/m1/s1. The number of carbonyl (C=O) groups excluding carboxylic acids is 1. The molecule has 0 saturated carbocycles. The van der Waals surface area contributed by atoms with E-state index in [1.165, 1.54) is 25.9 Å². The Morgan fingerprint density at radius 1 is 1.13 bits per heavy atom. The fraction of sp³-hybridized carbons (Fsp3) is 0.708. The van der Waals surface area contributed by atoms with Crippen LogP contribution in [-0.2, 0) is 4.74 Å². The number of methoxy groups -OCH3 is 2. The fourth-order valence-corrected chi connectivity index (χ4v) is 5.40. The molecule has 0 aliphatic carbocycles. The van der Waals surface area contributed by atoms with Gasteiger partial charge in [0, 0.05) is 37.8 Å². The van der Waals surface area contributed by atoms with Gasteiger partial charge in [-0.15, -0.1) is 0 Å². The van der Waals surface area contributed by atoms with Gasteiger partial charge in [-0.05, 0) is 62.1 Å². The lowest BCUT2D eigenvalue weighted by molar-refractivity contribution is 0.0401. The van der Waals surface area contributed by atoms with E-state index >= 15 is 0 Å². The Bertz CT molecular complexity index is 722. The van der Waals surface area contributed by atoms with Gasteiger partial charge in [-0.2, -0.15) is 0 Å². The molecule has 3 heterocycles. The first-order valence-electron chi connectivity index (χ1n) is 11.4. The number of carbonyl (C=O) groups is 1. The third kappa shape index (κ3) is 4.75. The summed E-state index contributed by atoms with van der Waals surface area (Å²) in [7, 11) is 3.21. The normalized spacial score (nSPS) is 26.7. The predicted molar refractivity (Wildman–Crippen MR) is 116 cm³/mol. The molecule has 3 aliphatic heterocycles. The van der Waals surface area contributed by atoms with Crippen molar-refractivity contribution in [2.45, 2.75) is 45.1 Å². The van der Waals surface area contributed by atoms with Gasteiger partial charge in [-0.25, -0.2) is 0 Å². The van der Waals surface area contributed by atoms with Crippen LogP contribution in [0.1, 0.15) is 49.4 Å². The number of ether oxygens (including phenoxy) is 3. The molecular weight excluding hydrogens is 380 g/mol. The predicted octanol–water partition coefficient (Wildman–Crippen LogP) is 3.45. The molecule has 4 rings (SSSR count). The molecule has 3 fully saturated rings. The number of benzene rings is 1. The van der Waals surface area contributed by atoms with Crippen LogP contribution in [0.2, 0.25) is 0 Å². The van der Waals surface area contributed by atoms with Gasteiger partial charge in [0.1, 0.15) is 11.5 Å². The summed E-state index contributed by atoms with van der Waals surface area (Å²) in [6, 6.07) is 5.38. The Morgan fingerprint density at radius 2 is 1.83 bits per heavy atom. The highest BCUT2D eigenvalue weighted by Crippen LogP contribution is 2.42. The van der Waals surface area contributed by atoms with Gasteiger partial charge in [0.05, 0.1) is 26.9 Å². The SMILES string of the molecule is COc1cc(OC)cc(C(=O)N2CCC3(CC2)CO[C@H](CN2CCC[C@@H](C)C2)C3)c1. The smallest absolute Gasteiger partial charge is 0.254 e. The molecular formula is C24H36N2O4. The summed E-state index contributed by atoms with van der Waals surface area (Å²) >= 11 is 0. The Labute approximate surface area is 180 Å². The largest absolute Gasteiger partial charge is 0.497 e. The lowest BCUT2D eigenvalue weighted by Gasteiger charge is -2.38. The Balaban J connectivity index is 1.32. The molecule has 1 spiro atoms. The quantitative estimate of drug-likeness (QED) is 0.736. The molecule has 3 aliphatic rings. The zero-order chi connectivity index (χ0) is 21.1. The van der Waals surface area contributed by atoms with Crippen molar-refractivity contribution in [2.24, 2.45) is 11.3 Å². The molecule has 1 aromatic carbocycles. The first kappa shape index (κ1) is 21.4. The molecule has 30 heavy (non-hydrogen) atoms. The monoisotopic (exact) mass is 416 g/mol. The summed E-state index contributed by atoms with van der Waals surface area (Å²) in [6.45, 7) is 8.26. The molecule has 0 radical (unpaired) electrons. The fourth-order valence-electron chi connectivity index (χ4n) is 5.40. The molecule has 1 amide bonds. The van der Waals surface area contributed by atoms with E-state index in [-0.39, 0.29) is 11.3 Å². The number of nitrogens with zero attached hydrogens (tertiary/aromatic N) is 2. The lowest BCUT2D eigenvalue weighted by Crippen LogP contribution is -2.44. The minimum absolute atomic E-state index is 0.0554. The second-order valence-electron chi connectivity index (χ2n) is 9.54. The summed E-state index contributed by atoms with van der Waals surface area (Å²) in [6.07, 6.45) is 6.19. The topological polar surface area (TPSA) is 51.2 Å². The molecule has 0 N–H and O–H groups in total. The minimum atomic E-state index is 0.0554. The number of rotatable bonds is 5. The highest BCUT2D eigenvalue weighted by molar-refractivity contribution is 5.95. The van der Waals surface area contributed by atoms with E-state index in [0.717, 1.165) is 51.4 Å². The van der Waals surface area contributed by atoms with Crippen molar-refractivity contribution in [2.75, 3.05) is 53.6 Å². The number of likely N-dealkylation sites (tertiary alicyclic amines) is 2. The van der Waals surface area contributed by atoms with Crippen LogP contribution in [0, 0.1) is 11.3 Å². The first-order valence-corrected chi connectivity index (χ1v) is 11.4. The van der Waals surface area contributed by atoms with Crippen LogP contribution in [-0.4, -0.2) is 75.4 Å². The van der Waals surface area contributed by atoms with Crippen molar-refractivity contribution >= 4 is 5.91 Å². The van der Waals surface area contributed by atoms with Gasteiger partial charge in [0.15, 0.2) is 0 Å². The maximum atomic E-state index is 13.1. The van der Waals surface area contributed by atoms with Crippen molar-refractivity contribution in [3.05, 3.63) is 23.8 Å². The molecule has 0 aromatic heterocycles. The molecule has 1 aromatic rings. The number of hydrogen-bond acceptors (Lipinski definition) is 5. The maximum Gasteiger partial charge on any atom is 0.254 e. The van der Waals surface area contributed by atoms with Crippen molar-refractivity contribution in [3.8, 4) is 11.5 Å². The van der Waals surface area contributed by atoms with Gasteiger partial charge >= 0.3 is 0 Å². The average Bonchev–Trinajstić information content (AvgIpc) is 3.15. The molecule has 0 bridgehead atoms. The van der Waals surface area contributed by atoms with E-state index in [1.807, 2.05) is 4.90 Å². The third-order valence-corrected chi connectivity index (χ3v) is 7.20. The summed E-state index contributed by atoms with van der Waals surface area (Å²) in [4.78, 5) is 17.6. The van der Waals surface area contributed by atoms with E-state index in [9.17, 15) is 4.79 Å². The first-order chi connectivity index (χ1) is 14.5. The Hall–Kier alpha value is -1.79. The van der Waals surface area contributed by atoms with Crippen molar-refractivity contribution < 1.29 is 19.0 Å². The van der Waals surface area contributed by atoms with E-state index in [4.69, 9.17) is 14.2 Å². The van der Waals surface area contributed by atoms with Gasteiger partial charge in [-0.3, -0.25) is 4.79 Å². The van der Waals surface area contributed by atoms with Crippen LogP contribution >= 0.6 is 0 Å². The number of amides is 1. The Kier molecular flexibility index (Phi) is 6.54. The molecule has 0 unspecified atom stereocenters. The van der Waals surface area contributed by atoms with E-state index in [2.05, 4.69) is 11.8 Å². The number of piperidine rings is 2. The van der Waals surface area contributed by atoms with Crippen LogP contribution in [0.15, 0.2) is 18.2 Å². The third-order valence-electron chi connectivity index (χ3n) is 7.20. The lowest BCUT2D eigenvalue weighted by atomic mass is 9.76. The van der Waals surface area contributed by atoms with Crippen molar-refractivity contribution in [1.82, 2.24) is 9.80 Å². The van der Waals surface area contributed by atoms with Gasteiger partial charge in [0.25, 0.3) is 5.91 Å². The molecule has 166 valence electrons. The van der Waals surface area contributed by atoms with Crippen LogP contribution < -0.4 is 9.47 Å². The zero-order valence-electron chi connectivity index (χ0n) is 18.7. The van der Waals surface area contributed by atoms with Gasteiger partial charge in [-0.1, -0.05) is 6.92 Å². The second kappa shape index (κ2) is 9.15. The summed E-state index contributed by atoms with van der Waals surface area (Å²) in [5, 5.41) is 0. The Morgan fingerprint density at radius 3 is 2.47 bits per heavy atom. The van der Waals surface area contributed by atoms with Crippen LogP contribution in [0.4, 0.5) is 0 Å². The second-order valence-corrected chi connectivity index (χ2v) is 9.54. The van der Waals surface area contributed by atoms with Crippen molar-refractivity contribution in [1.29, 1.82) is 0 Å². The van der Waals surface area contributed by atoms with Crippen LogP contribution in [0.5, 0.6) is 11.5 Å². The van der Waals surface area contributed by atoms with Gasteiger partial charge < -0.3 is 24.0 Å². The van der Waals surface area contributed by atoms with Crippen molar-refractivity contribution in [3.63, 3.8) is 0 Å². The minimum Gasteiger partial charge on any atom is -0.497 e. The summed E-state index contributed by atoms with van der Waals surface area (Å²) in [5.74, 6) is 2.15. The number of hydrogen-bond donors (Lipinski definition) is 0.